The zero-order valence-electron chi connectivity index (χ0n) is 17.3. The van der Waals surface area contributed by atoms with Crippen molar-refractivity contribution >= 4 is 11.8 Å². The van der Waals surface area contributed by atoms with Gasteiger partial charge in [-0.05, 0) is 48.1 Å². The molecule has 0 aliphatic carbocycles. The van der Waals surface area contributed by atoms with Gasteiger partial charge in [0, 0.05) is 31.6 Å². The number of carbonyl (C=O) groups excluding carboxylic acids is 2. The van der Waals surface area contributed by atoms with Gasteiger partial charge in [0.25, 0.3) is 5.91 Å². The number of piperidine rings is 1. The van der Waals surface area contributed by atoms with Crippen LogP contribution in [0.4, 0.5) is 0 Å². The lowest BCUT2D eigenvalue weighted by Gasteiger charge is -2.38. The molecule has 1 heterocycles. The van der Waals surface area contributed by atoms with Gasteiger partial charge in [-0.15, -0.1) is 0 Å². The van der Waals surface area contributed by atoms with Crippen molar-refractivity contribution < 1.29 is 14.3 Å². The lowest BCUT2D eigenvalue weighted by molar-refractivity contribution is -0.123. The maximum atomic E-state index is 12.7. The van der Waals surface area contributed by atoms with Gasteiger partial charge in [-0.3, -0.25) is 9.59 Å². The molecule has 2 amide bonds. The third-order valence-corrected chi connectivity index (χ3v) is 5.82. The first-order valence-corrected chi connectivity index (χ1v) is 10.3. The molecule has 3 rings (SSSR count). The van der Waals surface area contributed by atoms with Crippen LogP contribution in [-0.2, 0) is 11.3 Å². The van der Waals surface area contributed by atoms with Gasteiger partial charge in [0.1, 0.15) is 5.75 Å². The van der Waals surface area contributed by atoms with Crippen molar-refractivity contribution in [1.82, 2.24) is 10.2 Å². The topological polar surface area (TPSA) is 58.6 Å². The standard InChI is InChI=1S/C24H30N2O3/c1-3-19-17-26(24(28)20-7-5-4-6-8-20)14-13-21(19)15-23(27)25-16-18-9-11-22(29-2)12-10-18/h4-12,19,21H,3,13-17H2,1-2H3,(H,25,27)/t19-,21-/m0/s1. The molecule has 2 atom stereocenters. The van der Waals surface area contributed by atoms with Crippen LogP contribution in [0.15, 0.2) is 54.6 Å². The summed E-state index contributed by atoms with van der Waals surface area (Å²) in [5.74, 6) is 1.64. The molecule has 5 heteroatoms. The average molecular weight is 395 g/mol. The van der Waals surface area contributed by atoms with Gasteiger partial charge in [-0.1, -0.05) is 43.7 Å². The van der Waals surface area contributed by atoms with Crippen LogP contribution in [0.2, 0.25) is 0 Å². The number of nitrogens with zero attached hydrogens (tertiary/aromatic N) is 1. The van der Waals surface area contributed by atoms with Crippen LogP contribution in [0.1, 0.15) is 42.1 Å². The van der Waals surface area contributed by atoms with Gasteiger partial charge in [-0.2, -0.15) is 0 Å². The Kier molecular flexibility index (Phi) is 7.28. The molecule has 1 saturated heterocycles. The van der Waals surface area contributed by atoms with Crippen LogP contribution < -0.4 is 10.1 Å². The van der Waals surface area contributed by atoms with Gasteiger partial charge < -0.3 is 15.0 Å². The number of benzene rings is 2. The number of carbonyl (C=O) groups is 2. The van der Waals surface area contributed by atoms with E-state index in [2.05, 4.69) is 12.2 Å². The first-order chi connectivity index (χ1) is 14.1. The van der Waals surface area contributed by atoms with E-state index in [1.807, 2.05) is 59.5 Å². The third kappa shape index (κ3) is 5.59. The molecule has 0 unspecified atom stereocenters. The zero-order chi connectivity index (χ0) is 20.6. The van der Waals surface area contributed by atoms with Crippen molar-refractivity contribution in [2.24, 2.45) is 11.8 Å². The Hall–Kier alpha value is -2.82. The molecule has 0 spiro atoms. The van der Waals surface area contributed by atoms with E-state index < -0.39 is 0 Å². The molecule has 2 aromatic carbocycles. The molecule has 1 aliphatic rings. The average Bonchev–Trinajstić information content (AvgIpc) is 2.78. The minimum absolute atomic E-state index is 0.0760. The minimum Gasteiger partial charge on any atom is -0.497 e. The molecular formula is C24H30N2O3. The van der Waals surface area contributed by atoms with Gasteiger partial charge in [0.15, 0.2) is 0 Å². The summed E-state index contributed by atoms with van der Waals surface area (Å²) in [6.45, 7) is 4.09. The fourth-order valence-corrected chi connectivity index (χ4v) is 4.01. The highest BCUT2D eigenvalue weighted by Crippen LogP contribution is 2.29. The van der Waals surface area contributed by atoms with E-state index >= 15 is 0 Å². The summed E-state index contributed by atoms with van der Waals surface area (Å²) < 4.78 is 5.16. The molecular weight excluding hydrogens is 364 g/mol. The minimum atomic E-state index is 0.0760. The largest absolute Gasteiger partial charge is 0.497 e. The van der Waals surface area contributed by atoms with Gasteiger partial charge in [0.05, 0.1) is 7.11 Å². The summed E-state index contributed by atoms with van der Waals surface area (Å²) in [6, 6.07) is 17.1. The molecule has 0 aromatic heterocycles. The number of rotatable bonds is 7. The summed E-state index contributed by atoms with van der Waals surface area (Å²) in [5, 5.41) is 3.03. The molecule has 5 nitrogen and oxygen atoms in total. The van der Waals surface area contributed by atoms with E-state index in [4.69, 9.17) is 4.74 Å². The fourth-order valence-electron chi connectivity index (χ4n) is 4.01. The van der Waals surface area contributed by atoms with E-state index in [0.29, 0.717) is 31.3 Å². The van der Waals surface area contributed by atoms with Gasteiger partial charge >= 0.3 is 0 Å². The second-order valence-corrected chi connectivity index (χ2v) is 7.66. The quantitative estimate of drug-likeness (QED) is 0.775. The predicted molar refractivity (Wildman–Crippen MR) is 114 cm³/mol. The Bertz CT molecular complexity index is 805. The van der Waals surface area contributed by atoms with E-state index in [9.17, 15) is 9.59 Å². The van der Waals surface area contributed by atoms with E-state index in [1.54, 1.807) is 7.11 Å². The Morgan fingerprint density at radius 2 is 1.79 bits per heavy atom. The number of hydrogen-bond donors (Lipinski definition) is 1. The van der Waals surface area contributed by atoms with Crippen LogP contribution in [-0.4, -0.2) is 36.9 Å². The molecule has 1 aliphatic heterocycles. The smallest absolute Gasteiger partial charge is 0.253 e. The monoisotopic (exact) mass is 394 g/mol. The first kappa shape index (κ1) is 20.9. The predicted octanol–water partition coefficient (Wildman–Crippen LogP) is 3.89. The Balaban J connectivity index is 1.50. The lowest BCUT2D eigenvalue weighted by Crippen LogP contribution is -2.44. The third-order valence-electron chi connectivity index (χ3n) is 5.82. The molecule has 1 fully saturated rings. The van der Waals surface area contributed by atoms with Gasteiger partial charge in [0.2, 0.25) is 5.91 Å². The number of ether oxygens (including phenoxy) is 1. The zero-order valence-corrected chi connectivity index (χ0v) is 17.3. The first-order valence-electron chi connectivity index (χ1n) is 10.3. The Morgan fingerprint density at radius 1 is 1.07 bits per heavy atom. The highest BCUT2D eigenvalue weighted by atomic mass is 16.5. The van der Waals surface area contributed by atoms with E-state index in [-0.39, 0.29) is 11.8 Å². The number of nitrogens with one attached hydrogen (secondary N) is 1. The number of hydrogen-bond acceptors (Lipinski definition) is 3. The number of likely N-dealkylation sites (tertiary alicyclic amines) is 1. The summed E-state index contributed by atoms with van der Waals surface area (Å²) in [7, 11) is 1.64. The van der Waals surface area contributed by atoms with Crippen molar-refractivity contribution in [2.75, 3.05) is 20.2 Å². The molecule has 154 valence electrons. The highest BCUT2D eigenvalue weighted by molar-refractivity contribution is 5.94. The molecule has 0 radical (unpaired) electrons. The van der Waals surface area contributed by atoms with Crippen LogP contribution in [0.3, 0.4) is 0 Å². The van der Waals surface area contributed by atoms with Crippen LogP contribution in [0.25, 0.3) is 0 Å². The molecule has 29 heavy (non-hydrogen) atoms. The molecule has 1 N–H and O–H groups in total. The number of methoxy groups -OCH3 is 1. The number of amides is 2. The van der Waals surface area contributed by atoms with Crippen molar-refractivity contribution in [3.8, 4) is 5.75 Å². The second kappa shape index (κ2) is 10.1. The molecule has 2 aromatic rings. The summed E-state index contributed by atoms with van der Waals surface area (Å²) in [5.41, 5.74) is 1.78. The van der Waals surface area contributed by atoms with E-state index in [1.165, 1.54) is 0 Å². The van der Waals surface area contributed by atoms with Crippen LogP contribution in [0.5, 0.6) is 5.75 Å². The van der Waals surface area contributed by atoms with Crippen molar-refractivity contribution in [1.29, 1.82) is 0 Å². The van der Waals surface area contributed by atoms with E-state index in [0.717, 1.165) is 36.3 Å². The van der Waals surface area contributed by atoms with Crippen LogP contribution in [0, 0.1) is 11.8 Å². The van der Waals surface area contributed by atoms with Crippen molar-refractivity contribution in [2.45, 2.75) is 32.7 Å². The van der Waals surface area contributed by atoms with Crippen molar-refractivity contribution in [3.63, 3.8) is 0 Å². The summed E-state index contributed by atoms with van der Waals surface area (Å²) >= 11 is 0. The molecule has 0 bridgehead atoms. The SMILES string of the molecule is CC[C@H]1CN(C(=O)c2ccccc2)CC[C@H]1CC(=O)NCc1ccc(OC)cc1. The maximum absolute atomic E-state index is 12.7. The fraction of sp³-hybridized carbons (Fsp3) is 0.417. The summed E-state index contributed by atoms with van der Waals surface area (Å²) in [4.78, 5) is 27.2. The Labute approximate surface area is 173 Å². The maximum Gasteiger partial charge on any atom is 0.253 e. The lowest BCUT2D eigenvalue weighted by atomic mass is 9.81. The normalized spacial score (nSPS) is 18.9. The highest BCUT2D eigenvalue weighted by Gasteiger charge is 2.31. The summed E-state index contributed by atoms with van der Waals surface area (Å²) in [6.07, 6.45) is 2.35. The van der Waals surface area contributed by atoms with Crippen molar-refractivity contribution in [3.05, 3.63) is 65.7 Å². The Morgan fingerprint density at radius 3 is 2.45 bits per heavy atom. The second-order valence-electron chi connectivity index (χ2n) is 7.66. The van der Waals surface area contributed by atoms with Gasteiger partial charge in [-0.25, -0.2) is 0 Å². The molecule has 0 saturated carbocycles. The van der Waals surface area contributed by atoms with Crippen LogP contribution >= 0.6 is 0 Å².